The molecule has 1 aliphatic rings. The second-order valence-corrected chi connectivity index (χ2v) is 9.41. The number of benzene rings is 2. The van der Waals surface area contributed by atoms with E-state index in [-0.39, 0.29) is 22.3 Å². The van der Waals surface area contributed by atoms with Crippen LogP contribution in [0, 0.1) is 0 Å². The Morgan fingerprint density at radius 3 is 2.33 bits per heavy atom. The Bertz CT molecular complexity index is 986. The van der Waals surface area contributed by atoms with Crippen LogP contribution in [0.1, 0.15) is 17.5 Å². The summed E-state index contributed by atoms with van der Waals surface area (Å²) in [7, 11) is -0.343. The van der Waals surface area contributed by atoms with Gasteiger partial charge < -0.3 is 9.47 Å². The van der Waals surface area contributed by atoms with E-state index in [1.807, 2.05) is 12.1 Å². The molecule has 0 bridgehead atoms. The van der Waals surface area contributed by atoms with E-state index in [2.05, 4.69) is 9.62 Å². The van der Waals surface area contributed by atoms with Crippen molar-refractivity contribution in [2.45, 2.75) is 24.3 Å². The lowest BCUT2D eigenvalue weighted by molar-refractivity contribution is 0.250. The first-order valence-corrected chi connectivity index (χ1v) is 11.5. The summed E-state index contributed by atoms with van der Waals surface area (Å²) in [5.74, 6) is 1.47. The van der Waals surface area contributed by atoms with E-state index in [0.29, 0.717) is 18.0 Å². The summed E-state index contributed by atoms with van der Waals surface area (Å²) >= 11 is 11.8. The van der Waals surface area contributed by atoms with E-state index < -0.39 is 10.0 Å². The van der Waals surface area contributed by atoms with Gasteiger partial charge in [0, 0.05) is 19.6 Å². The number of rotatable bonds is 8. The number of methoxy groups -OCH3 is 2. The average Bonchev–Trinajstić information content (AvgIpc) is 2.71. The predicted molar refractivity (Wildman–Crippen MR) is 122 cm³/mol. The second-order valence-electron chi connectivity index (χ2n) is 6.83. The molecule has 0 unspecified atom stereocenters. The highest BCUT2D eigenvalue weighted by molar-refractivity contribution is 7.89. The molecule has 0 aromatic heterocycles. The maximum atomic E-state index is 12.4. The number of sulfonamides is 1. The average molecular weight is 496 g/mol. The molecular formula is C20H25Cl3N2O4S. The highest BCUT2D eigenvalue weighted by Crippen LogP contribution is 2.33. The van der Waals surface area contributed by atoms with E-state index in [9.17, 15) is 8.42 Å². The van der Waals surface area contributed by atoms with Crippen molar-refractivity contribution < 1.29 is 17.9 Å². The minimum Gasteiger partial charge on any atom is -0.493 e. The van der Waals surface area contributed by atoms with Crippen molar-refractivity contribution in [3.05, 3.63) is 51.5 Å². The van der Waals surface area contributed by atoms with Crippen molar-refractivity contribution in [2.24, 2.45) is 0 Å². The first-order chi connectivity index (χ1) is 13.8. The lowest BCUT2D eigenvalue weighted by atomic mass is 9.98. The highest BCUT2D eigenvalue weighted by atomic mass is 35.5. The Morgan fingerprint density at radius 1 is 1.03 bits per heavy atom. The third kappa shape index (κ3) is 5.93. The zero-order chi connectivity index (χ0) is 21.0. The largest absolute Gasteiger partial charge is 0.493 e. The number of ether oxygens (including phenoxy) is 2. The van der Waals surface area contributed by atoms with Gasteiger partial charge in [0.05, 0.1) is 29.2 Å². The summed E-state index contributed by atoms with van der Waals surface area (Å²) in [5, 5.41) is 0.541. The number of hydrogen-bond donors (Lipinski definition) is 1. The third-order valence-corrected chi connectivity index (χ3v) is 7.14. The number of nitrogens with one attached hydrogen (secondary N) is 1. The summed E-state index contributed by atoms with van der Waals surface area (Å²) < 4.78 is 38.2. The number of nitrogens with zero attached hydrogens (tertiary/aromatic N) is 1. The first-order valence-electron chi connectivity index (χ1n) is 9.25. The van der Waals surface area contributed by atoms with Crippen molar-refractivity contribution in [1.29, 1.82) is 0 Å². The van der Waals surface area contributed by atoms with Crippen LogP contribution in [-0.2, 0) is 23.0 Å². The fraction of sp³-hybridized carbons (Fsp3) is 0.400. The first kappa shape index (κ1) is 25.0. The molecule has 0 fully saturated rings. The summed E-state index contributed by atoms with van der Waals surface area (Å²) in [6.45, 7) is 2.85. The molecule has 1 heterocycles. The normalized spacial score (nSPS) is 14.0. The minimum atomic E-state index is -3.61. The molecule has 3 rings (SSSR count). The van der Waals surface area contributed by atoms with Gasteiger partial charge in [0.1, 0.15) is 0 Å². The van der Waals surface area contributed by atoms with Gasteiger partial charge >= 0.3 is 0 Å². The molecule has 2 aromatic rings. The molecule has 0 spiro atoms. The molecule has 2 aromatic carbocycles. The Morgan fingerprint density at radius 2 is 1.70 bits per heavy atom. The lowest BCUT2D eigenvalue weighted by Gasteiger charge is -2.29. The molecule has 0 saturated heterocycles. The molecule has 0 saturated carbocycles. The zero-order valence-corrected chi connectivity index (χ0v) is 19.9. The predicted octanol–water partition coefficient (Wildman–Crippen LogP) is 4.16. The monoisotopic (exact) mass is 494 g/mol. The van der Waals surface area contributed by atoms with Gasteiger partial charge in [-0.05, 0) is 60.8 Å². The molecule has 0 amide bonds. The highest BCUT2D eigenvalue weighted by Gasteiger charge is 2.20. The second kappa shape index (κ2) is 10.9. The maximum Gasteiger partial charge on any atom is 0.240 e. The van der Waals surface area contributed by atoms with E-state index in [1.165, 1.54) is 29.3 Å². The summed E-state index contributed by atoms with van der Waals surface area (Å²) in [4.78, 5) is 2.42. The summed E-state index contributed by atoms with van der Waals surface area (Å²) in [6.07, 6.45) is 1.62. The van der Waals surface area contributed by atoms with Crippen molar-refractivity contribution in [1.82, 2.24) is 9.62 Å². The Balaban J connectivity index is 0.00000320. The summed E-state index contributed by atoms with van der Waals surface area (Å²) in [5.41, 5.74) is 2.48. The Kier molecular flexibility index (Phi) is 9.09. The van der Waals surface area contributed by atoms with Gasteiger partial charge in [0.2, 0.25) is 10.0 Å². The van der Waals surface area contributed by atoms with Crippen molar-refractivity contribution in [3.8, 4) is 11.5 Å². The SMILES string of the molecule is COc1cc2c(cc1OC)CN(CCCNS(=O)(=O)c1ccc(Cl)c(Cl)c1)CC2.Cl. The fourth-order valence-electron chi connectivity index (χ4n) is 3.37. The standard InChI is InChI=1S/C20H24Cl2N2O4S.ClH/c1-27-19-10-14-6-9-24(13-15(14)11-20(19)28-2)8-3-7-23-29(25,26)16-4-5-17(21)18(22)12-16;/h4-5,10-12,23H,3,6-9,13H2,1-2H3;1H. The zero-order valence-electron chi connectivity index (χ0n) is 16.8. The van der Waals surface area contributed by atoms with Crippen LogP contribution >= 0.6 is 35.6 Å². The Hall–Kier alpha value is -1.22. The Labute approximate surface area is 193 Å². The summed E-state index contributed by atoms with van der Waals surface area (Å²) in [6, 6.07) is 8.34. The molecule has 1 aliphatic heterocycles. The molecule has 10 heteroatoms. The third-order valence-electron chi connectivity index (χ3n) is 4.94. The molecule has 0 aliphatic carbocycles. The quantitative estimate of drug-likeness (QED) is 0.557. The molecule has 166 valence electrons. The van der Waals surface area contributed by atoms with Gasteiger partial charge in [-0.25, -0.2) is 13.1 Å². The van der Waals surface area contributed by atoms with Gasteiger partial charge in [-0.1, -0.05) is 23.2 Å². The lowest BCUT2D eigenvalue weighted by Crippen LogP contribution is -2.33. The smallest absolute Gasteiger partial charge is 0.240 e. The van der Waals surface area contributed by atoms with Crippen LogP contribution in [0.5, 0.6) is 11.5 Å². The van der Waals surface area contributed by atoms with Crippen LogP contribution in [-0.4, -0.2) is 47.2 Å². The van der Waals surface area contributed by atoms with Gasteiger partial charge in [0.15, 0.2) is 11.5 Å². The van der Waals surface area contributed by atoms with Crippen LogP contribution in [0.15, 0.2) is 35.2 Å². The van der Waals surface area contributed by atoms with Crippen molar-refractivity contribution in [3.63, 3.8) is 0 Å². The molecular weight excluding hydrogens is 471 g/mol. The van der Waals surface area contributed by atoms with Crippen molar-refractivity contribution in [2.75, 3.05) is 33.9 Å². The fourth-order valence-corrected chi connectivity index (χ4v) is 4.83. The molecule has 6 nitrogen and oxygen atoms in total. The van der Waals surface area contributed by atoms with Gasteiger partial charge in [-0.2, -0.15) is 0 Å². The van der Waals surface area contributed by atoms with Crippen LogP contribution in [0.3, 0.4) is 0 Å². The van der Waals surface area contributed by atoms with E-state index in [4.69, 9.17) is 32.7 Å². The number of halogens is 3. The number of fused-ring (bicyclic) bond motifs is 1. The van der Waals surface area contributed by atoms with E-state index in [1.54, 1.807) is 14.2 Å². The van der Waals surface area contributed by atoms with Crippen LogP contribution in [0.25, 0.3) is 0 Å². The van der Waals surface area contributed by atoms with E-state index >= 15 is 0 Å². The van der Waals surface area contributed by atoms with Gasteiger partial charge in [-0.3, -0.25) is 4.90 Å². The molecule has 1 N–H and O–H groups in total. The van der Waals surface area contributed by atoms with Crippen LogP contribution in [0.4, 0.5) is 0 Å². The maximum absolute atomic E-state index is 12.4. The topological polar surface area (TPSA) is 67.9 Å². The molecule has 0 atom stereocenters. The van der Waals surface area contributed by atoms with Crippen molar-refractivity contribution >= 4 is 45.6 Å². The number of hydrogen-bond acceptors (Lipinski definition) is 5. The van der Waals surface area contributed by atoms with Crippen LogP contribution in [0.2, 0.25) is 10.0 Å². The van der Waals surface area contributed by atoms with Gasteiger partial charge in [0.25, 0.3) is 0 Å². The van der Waals surface area contributed by atoms with Gasteiger partial charge in [-0.15, -0.1) is 12.4 Å². The minimum absolute atomic E-state index is 0. The van der Waals surface area contributed by atoms with E-state index in [0.717, 1.165) is 37.6 Å². The van der Waals surface area contributed by atoms with Crippen LogP contribution < -0.4 is 14.2 Å². The molecule has 30 heavy (non-hydrogen) atoms. The molecule has 0 radical (unpaired) electrons.